The van der Waals surface area contributed by atoms with Gasteiger partial charge in [-0.2, -0.15) is 13.2 Å². The maximum atomic E-state index is 13.7. The number of H-pyrrole nitrogens is 1. The summed E-state index contributed by atoms with van der Waals surface area (Å²) in [5.41, 5.74) is 1.77. The second-order valence-electron chi connectivity index (χ2n) is 8.51. The van der Waals surface area contributed by atoms with E-state index in [1.807, 2.05) is 6.07 Å². The lowest BCUT2D eigenvalue weighted by molar-refractivity contribution is -0.206. The van der Waals surface area contributed by atoms with E-state index >= 15 is 0 Å². The molecule has 1 unspecified atom stereocenters. The van der Waals surface area contributed by atoms with Crippen molar-refractivity contribution >= 4 is 16.8 Å². The minimum atomic E-state index is -4.84. The number of hydrogen-bond acceptors (Lipinski definition) is 4. The van der Waals surface area contributed by atoms with Gasteiger partial charge >= 0.3 is 6.18 Å². The van der Waals surface area contributed by atoms with Crippen molar-refractivity contribution in [1.82, 2.24) is 9.88 Å². The summed E-state index contributed by atoms with van der Waals surface area (Å²) >= 11 is 0. The highest BCUT2D eigenvalue weighted by Crippen LogP contribution is 2.44. The van der Waals surface area contributed by atoms with Gasteiger partial charge in [-0.15, -0.1) is 0 Å². The fourth-order valence-electron chi connectivity index (χ4n) is 4.68. The smallest absolute Gasteiger partial charge is 0.418 e. The number of piperidine rings is 1. The molecule has 34 heavy (non-hydrogen) atoms. The van der Waals surface area contributed by atoms with Gasteiger partial charge in [-0.05, 0) is 54.7 Å². The van der Waals surface area contributed by atoms with Gasteiger partial charge in [-0.1, -0.05) is 6.07 Å². The number of nitrogens with zero attached hydrogens (tertiary/aromatic N) is 1. The van der Waals surface area contributed by atoms with Gasteiger partial charge < -0.3 is 24.5 Å². The van der Waals surface area contributed by atoms with Gasteiger partial charge in [0.25, 0.3) is 0 Å². The predicted molar refractivity (Wildman–Crippen MR) is 122 cm³/mol. The van der Waals surface area contributed by atoms with E-state index in [2.05, 4.69) is 4.98 Å². The van der Waals surface area contributed by atoms with E-state index in [9.17, 15) is 23.1 Å². The largest absolute Gasteiger partial charge is 0.493 e. The predicted octanol–water partition coefficient (Wildman–Crippen LogP) is 5.17. The number of aliphatic hydroxyl groups excluding tert-OH is 1. The monoisotopic (exact) mass is 476 g/mol. The number of hydrogen-bond donors (Lipinski definition) is 2. The Hall–Kier alpha value is -3.20. The summed E-state index contributed by atoms with van der Waals surface area (Å²) in [6, 6.07) is 10.2. The number of aromatic amines is 1. The number of ether oxygens (including phenoxy) is 2. The zero-order valence-electron chi connectivity index (χ0n) is 19.2. The molecule has 182 valence electrons. The van der Waals surface area contributed by atoms with Crippen LogP contribution in [-0.2, 0) is 4.79 Å². The molecule has 4 rings (SSSR count). The first-order chi connectivity index (χ1) is 16.1. The van der Waals surface area contributed by atoms with E-state index in [0.29, 0.717) is 41.1 Å². The van der Waals surface area contributed by atoms with Crippen LogP contribution < -0.4 is 9.47 Å². The molecule has 0 bridgehead atoms. The van der Waals surface area contributed by atoms with Gasteiger partial charge in [0.1, 0.15) is 0 Å². The van der Waals surface area contributed by atoms with E-state index < -0.39 is 12.3 Å². The Morgan fingerprint density at radius 2 is 1.76 bits per heavy atom. The quantitative estimate of drug-likeness (QED) is 0.533. The lowest BCUT2D eigenvalue weighted by Crippen LogP contribution is -2.36. The molecular formula is C25H27F3N2O4. The molecule has 1 atom stereocenters. The van der Waals surface area contributed by atoms with Crippen LogP contribution in [0.25, 0.3) is 22.2 Å². The molecular weight excluding hydrogens is 449 g/mol. The lowest BCUT2D eigenvalue weighted by Gasteiger charge is -2.31. The van der Waals surface area contributed by atoms with Crippen LogP contribution in [-0.4, -0.2) is 54.4 Å². The molecule has 2 heterocycles. The van der Waals surface area contributed by atoms with Gasteiger partial charge in [-0.3, -0.25) is 4.79 Å². The SMILES string of the molecule is COc1ccc(-c2[nH]c3ccc(C4CCN(C(C)=O)CC4)cc3c2C(O)C(F)(F)F)cc1OC. The molecule has 0 spiro atoms. The molecule has 0 saturated carbocycles. The molecule has 1 fully saturated rings. The number of methoxy groups -OCH3 is 2. The summed E-state index contributed by atoms with van der Waals surface area (Å²) in [6.07, 6.45) is -6.05. The molecule has 1 aromatic heterocycles. The molecule has 2 N–H and O–H groups in total. The van der Waals surface area contributed by atoms with Crippen molar-refractivity contribution in [2.24, 2.45) is 0 Å². The van der Waals surface area contributed by atoms with Crippen molar-refractivity contribution < 1.29 is 32.5 Å². The number of carbonyl (C=O) groups is 1. The van der Waals surface area contributed by atoms with Crippen LogP contribution in [0.15, 0.2) is 36.4 Å². The Morgan fingerprint density at radius 3 is 2.35 bits per heavy atom. The molecule has 9 heteroatoms. The Balaban J connectivity index is 1.82. The molecule has 0 aliphatic carbocycles. The molecule has 1 saturated heterocycles. The summed E-state index contributed by atoms with van der Waals surface area (Å²) in [7, 11) is 2.92. The number of halogens is 3. The van der Waals surface area contributed by atoms with E-state index in [1.54, 1.807) is 35.2 Å². The standard InChI is InChI=1S/C25H27F3N2O4/c1-14(31)30-10-8-15(9-11-30)16-4-6-19-18(12-16)22(24(32)25(26,27)28)23(29-19)17-5-7-20(33-2)21(13-17)34-3/h4-7,12-13,15,24,29,32H,8-11H2,1-3H3. The van der Waals surface area contributed by atoms with Gasteiger partial charge in [0.15, 0.2) is 17.6 Å². The average molecular weight is 476 g/mol. The molecule has 6 nitrogen and oxygen atoms in total. The number of likely N-dealkylation sites (tertiary alicyclic amines) is 1. The number of rotatable bonds is 5. The Bertz CT molecular complexity index is 1200. The van der Waals surface area contributed by atoms with Crippen LogP contribution in [0.4, 0.5) is 13.2 Å². The van der Waals surface area contributed by atoms with Crippen molar-refractivity contribution in [2.45, 2.75) is 38.0 Å². The van der Waals surface area contributed by atoms with Crippen molar-refractivity contribution in [1.29, 1.82) is 0 Å². The second-order valence-corrected chi connectivity index (χ2v) is 8.51. The van der Waals surface area contributed by atoms with E-state index in [0.717, 1.165) is 18.4 Å². The molecule has 1 amide bonds. The van der Waals surface area contributed by atoms with Crippen LogP contribution in [0.1, 0.15) is 42.9 Å². The molecule has 3 aromatic rings. The van der Waals surface area contributed by atoms with Crippen molar-refractivity contribution in [3.05, 3.63) is 47.5 Å². The summed E-state index contributed by atoms with van der Waals surface area (Å²) < 4.78 is 51.7. The van der Waals surface area contributed by atoms with Crippen molar-refractivity contribution in [3.63, 3.8) is 0 Å². The average Bonchev–Trinajstić information content (AvgIpc) is 3.21. The first-order valence-electron chi connectivity index (χ1n) is 11.0. The lowest BCUT2D eigenvalue weighted by atomic mass is 9.88. The number of amides is 1. The maximum Gasteiger partial charge on any atom is 0.418 e. The molecule has 0 radical (unpaired) electrons. The maximum absolute atomic E-state index is 13.7. The highest BCUT2D eigenvalue weighted by atomic mass is 19.4. The summed E-state index contributed by atoms with van der Waals surface area (Å²) in [5, 5.41) is 10.7. The van der Waals surface area contributed by atoms with Crippen LogP contribution in [0, 0.1) is 0 Å². The summed E-state index contributed by atoms with van der Waals surface area (Å²) in [5.74, 6) is 0.952. The molecule has 1 aliphatic heterocycles. The number of carbonyl (C=O) groups excluding carboxylic acids is 1. The Kier molecular flexibility index (Phi) is 6.49. The van der Waals surface area contributed by atoms with Gasteiger partial charge in [0.05, 0.1) is 19.9 Å². The highest BCUT2D eigenvalue weighted by molar-refractivity contribution is 5.92. The van der Waals surface area contributed by atoms with Gasteiger partial charge in [-0.25, -0.2) is 0 Å². The fraction of sp³-hybridized carbons (Fsp3) is 0.400. The highest BCUT2D eigenvalue weighted by Gasteiger charge is 2.42. The van der Waals surface area contributed by atoms with Crippen LogP contribution in [0.3, 0.4) is 0 Å². The number of fused-ring (bicyclic) bond motifs is 1. The Labute approximate surface area is 195 Å². The van der Waals surface area contributed by atoms with Crippen LogP contribution in [0.2, 0.25) is 0 Å². The zero-order valence-corrected chi connectivity index (χ0v) is 19.2. The normalized spacial score (nSPS) is 16.0. The topological polar surface area (TPSA) is 74.8 Å². The molecule has 1 aliphatic rings. The van der Waals surface area contributed by atoms with Gasteiger partial charge in [0.2, 0.25) is 5.91 Å². The van der Waals surface area contributed by atoms with E-state index in [4.69, 9.17) is 9.47 Å². The zero-order chi connectivity index (χ0) is 24.6. The summed E-state index contributed by atoms with van der Waals surface area (Å²) in [4.78, 5) is 16.5. The van der Waals surface area contributed by atoms with E-state index in [-0.39, 0.29) is 23.1 Å². The number of aliphatic hydroxyl groups is 1. The van der Waals surface area contributed by atoms with Gasteiger partial charge in [0, 0.05) is 42.0 Å². The number of alkyl halides is 3. The third-order valence-corrected chi connectivity index (χ3v) is 6.53. The van der Waals surface area contributed by atoms with E-state index in [1.165, 1.54) is 21.1 Å². The third-order valence-electron chi connectivity index (χ3n) is 6.53. The van der Waals surface area contributed by atoms with Crippen LogP contribution in [0.5, 0.6) is 11.5 Å². The molecule has 2 aromatic carbocycles. The summed E-state index contributed by atoms with van der Waals surface area (Å²) in [6.45, 7) is 2.76. The minimum Gasteiger partial charge on any atom is -0.493 e. The number of benzene rings is 2. The van der Waals surface area contributed by atoms with Crippen molar-refractivity contribution in [2.75, 3.05) is 27.3 Å². The number of nitrogens with one attached hydrogen (secondary N) is 1. The fourth-order valence-corrected chi connectivity index (χ4v) is 4.68. The second kappa shape index (κ2) is 9.21. The first-order valence-corrected chi connectivity index (χ1v) is 11.0. The third kappa shape index (κ3) is 4.44. The number of aromatic nitrogens is 1. The Morgan fingerprint density at radius 1 is 1.09 bits per heavy atom. The first kappa shape index (κ1) is 23.9. The minimum absolute atomic E-state index is 0.0229. The van der Waals surface area contributed by atoms with Crippen molar-refractivity contribution in [3.8, 4) is 22.8 Å². The van der Waals surface area contributed by atoms with Crippen LogP contribution >= 0.6 is 0 Å².